The van der Waals surface area contributed by atoms with Gasteiger partial charge in [-0.1, -0.05) is 12.1 Å². The highest BCUT2D eigenvalue weighted by Gasteiger charge is 2.21. The number of carbonyl (C=O) groups is 1. The lowest BCUT2D eigenvalue weighted by molar-refractivity contribution is 0.0494. The number of nitrogens with zero attached hydrogens (tertiary/aromatic N) is 2. The van der Waals surface area contributed by atoms with Gasteiger partial charge in [0, 0.05) is 5.39 Å². The van der Waals surface area contributed by atoms with Crippen molar-refractivity contribution < 1.29 is 18.3 Å². The molecule has 0 atom stereocenters. The molecule has 0 radical (unpaired) electrons. The van der Waals surface area contributed by atoms with E-state index in [-0.39, 0.29) is 18.2 Å². The third-order valence-corrected chi connectivity index (χ3v) is 3.20. The fourth-order valence-corrected chi connectivity index (χ4v) is 2.13. The molecule has 0 N–H and O–H groups in total. The molecule has 0 aliphatic heterocycles. The van der Waals surface area contributed by atoms with Crippen molar-refractivity contribution in [2.45, 2.75) is 6.92 Å². The van der Waals surface area contributed by atoms with Crippen LogP contribution in [0.3, 0.4) is 0 Å². The molecule has 2 aromatic carbocycles. The maximum atomic E-state index is 12.9. The van der Waals surface area contributed by atoms with Crippen molar-refractivity contribution in [3.05, 3.63) is 60.1 Å². The van der Waals surface area contributed by atoms with Crippen molar-refractivity contribution in [1.29, 1.82) is 0 Å². The Morgan fingerprint density at radius 3 is 2.67 bits per heavy atom. The average Bonchev–Trinajstić information content (AvgIpc) is 2.96. The number of furan rings is 1. The van der Waals surface area contributed by atoms with Gasteiger partial charge >= 0.3 is 5.97 Å². The monoisotopic (exact) mass is 324 g/mol. The molecule has 24 heavy (non-hydrogen) atoms. The standard InChI is InChI=1S/C18H13FN2O3/c1-2-23-18(22)17-16(14-5-3-4-6-15(14)24-17)21-11-20-13-9-7-12(19)8-10-13/h3-10H,2H2,1H3. The van der Waals surface area contributed by atoms with Crippen molar-refractivity contribution in [2.24, 2.45) is 9.98 Å². The van der Waals surface area contributed by atoms with Gasteiger partial charge in [-0.2, -0.15) is 9.98 Å². The highest BCUT2D eigenvalue weighted by Crippen LogP contribution is 2.33. The van der Waals surface area contributed by atoms with Crippen molar-refractivity contribution in [3.8, 4) is 0 Å². The van der Waals surface area contributed by atoms with Crippen LogP contribution in [0, 0.1) is 5.82 Å². The van der Waals surface area contributed by atoms with E-state index in [1.807, 2.05) is 6.07 Å². The van der Waals surface area contributed by atoms with Crippen LogP contribution < -0.4 is 0 Å². The first-order valence-corrected chi connectivity index (χ1v) is 7.29. The van der Waals surface area contributed by atoms with Crippen LogP contribution in [-0.2, 0) is 4.74 Å². The van der Waals surface area contributed by atoms with Gasteiger partial charge in [-0.15, -0.1) is 0 Å². The Balaban J connectivity index is 2.03. The Labute approximate surface area is 137 Å². The summed E-state index contributed by atoms with van der Waals surface area (Å²) >= 11 is 0. The number of halogens is 1. The summed E-state index contributed by atoms with van der Waals surface area (Å²) in [5, 5.41) is 0.655. The molecule has 0 saturated heterocycles. The van der Waals surface area contributed by atoms with E-state index in [0.29, 0.717) is 22.3 Å². The number of ether oxygens (including phenoxy) is 1. The molecular weight excluding hydrogens is 311 g/mol. The zero-order chi connectivity index (χ0) is 16.9. The minimum absolute atomic E-state index is 0.000133. The minimum Gasteiger partial charge on any atom is -0.460 e. The van der Waals surface area contributed by atoms with Gasteiger partial charge < -0.3 is 9.15 Å². The molecule has 3 rings (SSSR count). The average molecular weight is 324 g/mol. The first-order chi connectivity index (χ1) is 11.7. The summed E-state index contributed by atoms with van der Waals surface area (Å²) in [5.74, 6) is -0.952. The number of aliphatic imine (C=N–C) groups is 2. The molecule has 3 aromatic rings. The Hall–Kier alpha value is -3.24. The van der Waals surface area contributed by atoms with Crippen molar-refractivity contribution >= 4 is 34.3 Å². The zero-order valence-electron chi connectivity index (χ0n) is 12.8. The summed E-state index contributed by atoms with van der Waals surface area (Å²) in [6, 6.07) is 15.2. The van der Waals surface area contributed by atoms with E-state index in [9.17, 15) is 9.18 Å². The largest absolute Gasteiger partial charge is 0.460 e. The topological polar surface area (TPSA) is 64.2 Å². The van der Waals surface area contributed by atoms with Crippen LogP contribution in [0.25, 0.3) is 11.0 Å². The Bertz CT molecular complexity index is 939. The number of benzene rings is 2. The summed E-state index contributed by atoms with van der Waals surface area (Å²) in [5.41, 5.74) is 1.31. The lowest BCUT2D eigenvalue weighted by Gasteiger charge is -1.97. The molecule has 1 aromatic heterocycles. The maximum absolute atomic E-state index is 12.9. The third kappa shape index (κ3) is 3.24. The minimum atomic E-state index is -0.601. The lowest BCUT2D eigenvalue weighted by Crippen LogP contribution is -2.03. The van der Waals surface area contributed by atoms with Crippen molar-refractivity contribution in [3.63, 3.8) is 0 Å². The molecule has 0 aliphatic carbocycles. The predicted molar refractivity (Wildman–Crippen MR) is 87.8 cm³/mol. The molecule has 0 unspecified atom stereocenters. The normalized spacial score (nSPS) is 10.2. The molecule has 6 heteroatoms. The lowest BCUT2D eigenvalue weighted by atomic mass is 10.2. The van der Waals surface area contributed by atoms with Crippen LogP contribution in [0.1, 0.15) is 17.5 Å². The summed E-state index contributed by atoms with van der Waals surface area (Å²) in [6.45, 7) is 1.93. The van der Waals surface area contributed by atoms with Crippen LogP contribution in [-0.4, -0.2) is 18.6 Å². The first-order valence-electron chi connectivity index (χ1n) is 7.29. The maximum Gasteiger partial charge on any atom is 0.376 e. The summed E-state index contributed by atoms with van der Waals surface area (Å²) < 4.78 is 23.4. The van der Waals surface area contributed by atoms with Crippen LogP contribution in [0.2, 0.25) is 0 Å². The van der Waals surface area contributed by atoms with Gasteiger partial charge in [0.2, 0.25) is 5.76 Å². The first kappa shape index (κ1) is 15.6. The van der Waals surface area contributed by atoms with Gasteiger partial charge in [-0.05, 0) is 43.3 Å². The summed E-state index contributed by atoms with van der Waals surface area (Å²) in [7, 11) is 0. The number of hydrogen-bond acceptors (Lipinski definition) is 5. The van der Waals surface area contributed by atoms with Gasteiger partial charge in [0.25, 0.3) is 0 Å². The molecule has 120 valence electrons. The quantitative estimate of drug-likeness (QED) is 0.507. The number of rotatable bonds is 4. The van der Waals surface area contributed by atoms with E-state index >= 15 is 0 Å². The van der Waals surface area contributed by atoms with Gasteiger partial charge in [0.05, 0.1) is 12.3 Å². The van der Waals surface area contributed by atoms with E-state index < -0.39 is 5.97 Å². The third-order valence-electron chi connectivity index (χ3n) is 3.20. The van der Waals surface area contributed by atoms with Gasteiger partial charge in [-0.25, -0.2) is 9.18 Å². The number of carbonyl (C=O) groups excluding carboxylic acids is 1. The second kappa shape index (κ2) is 6.89. The van der Waals surface area contributed by atoms with Gasteiger partial charge in [-0.3, -0.25) is 0 Å². The molecule has 0 saturated carbocycles. The summed E-state index contributed by atoms with van der Waals surface area (Å²) in [4.78, 5) is 20.1. The van der Waals surface area contributed by atoms with E-state index in [2.05, 4.69) is 16.0 Å². The fourth-order valence-electron chi connectivity index (χ4n) is 2.13. The van der Waals surface area contributed by atoms with E-state index in [0.717, 1.165) is 0 Å². The number of esters is 1. The Kier molecular flexibility index (Phi) is 4.50. The van der Waals surface area contributed by atoms with Crippen LogP contribution >= 0.6 is 0 Å². The Morgan fingerprint density at radius 1 is 1.17 bits per heavy atom. The van der Waals surface area contributed by atoms with Crippen molar-refractivity contribution in [1.82, 2.24) is 0 Å². The number of para-hydroxylation sites is 1. The molecule has 0 aliphatic rings. The SMILES string of the molecule is CCOC(=O)c1oc2ccccc2c1N=C=Nc1ccc(F)cc1. The van der Waals surface area contributed by atoms with Crippen LogP contribution in [0.4, 0.5) is 15.8 Å². The predicted octanol–water partition coefficient (Wildman–Crippen LogP) is 4.89. The van der Waals surface area contributed by atoms with E-state index in [4.69, 9.17) is 9.15 Å². The molecule has 0 fully saturated rings. The fraction of sp³-hybridized carbons (Fsp3) is 0.111. The van der Waals surface area contributed by atoms with Gasteiger partial charge in [0.1, 0.15) is 23.1 Å². The molecule has 0 bridgehead atoms. The molecule has 1 heterocycles. The highest BCUT2D eigenvalue weighted by atomic mass is 19.1. The second-order valence-electron chi connectivity index (χ2n) is 4.80. The summed E-state index contributed by atoms with van der Waals surface area (Å²) in [6.07, 6.45) is 0. The Morgan fingerprint density at radius 2 is 1.92 bits per heavy atom. The molecule has 0 amide bonds. The second-order valence-corrected chi connectivity index (χ2v) is 4.80. The van der Waals surface area contributed by atoms with Crippen LogP contribution in [0.5, 0.6) is 0 Å². The number of fused-ring (bicyclic) bond motifs is 1. The molecule has 0 spiro atoms. The number of hydrogen-bond donors (Lipinski definition) is 0. The molecular formula is C18H13FN2O3. The van der Waals surface area contributed by atoms with E-state index in [1.165, 1.54) is 24.3 Å². The zero-order valence-corrected chi connectivity index (χ0v) is 12.8. The van der Waals surface area contributed by atoms with Crippen LogP contribution in [0.15, 0.2) is 62.9 Å². The smallest absolute Gasteiger partial charge is 0.376 e. The van der Waals surface area contributed by atoms with Gasteiger partial charge in [0.15, 0.2) is 0 Å². The molecule has 5 nitrogen and oxygen atoms in total. The highest BCUT2D eigenvalue weighted by molar-refractivity contribution is 6.03. The van der Waals surface area contributed by atoms with Crippen molar-refractivity contribution in [2.75, 3.05) is 6.61 Å². The van der Waals surface area contributed by atoms with E-state index in [1.54, 1.807) is 25.1 Å².